The lowest BCUT2D eigenvalue weighted by Gasteiger charge is -2.20. The summed E-state index contributed by atoms with van der Waals surface area (Å²) < 4.78 is 0. The predicted octanol–water partition coefficient (Wildman–Crippen LogP) is 3.43. The van der Waals surface area contributed by atoms with Gasteiger partial charge in [-0.2, -0.15) is 0 Å². The van der Waals surface area contributed by atoms with Crippen molar-refractivity contribution in [3.63, 3.8) is 0 Å². The van der Waals surface area contributed by atoms with E-state index in [2.05, 4.69) is 11.9 Å². The van der Waals surface area contributed by atoms with E-state index in [-0.39, 0.29) is 11.6 Å². The minimum atomic E-state index is -1.05. The van der Waals surface area contributed by atoms with E-state index in [0.29, 0.717) is 12.2 Å². The molecule has 0 aromatic heterocycles. The second kappa shape index (κ2) is 7.47. The van der Waals surface area contributed by atoms with Crippen LogP contribution in [0.25, 0.3) is 0 Å². The van der Waals surface area contributed by atoms with Crippen LogP contribution in [0.5, 0.6) is 0 Å². The van der Waals surface area contributed by atoms with Crippen LogP contribution in [-0.2, 0) is 0 Å². The number of aryl methyl sites for hydroxylation is 2. The molecule has 0 atom stereocenters. The summed E-state index contributed by atoms with van der Waals surface area (Å²) in [7, 11) is 1.68. The van der Waals surface area contributed by atoms with Crippen molar-refractivity contribution in [3.8, 4) is 0 Å². The lowest BCUT2D eigenvalue weighted by molar-refractivity contribution is 0.0698. The van der Waals surface area contributed by atoms with Gasteiger partial charge in [-0.05, 0) is 43.9 Å². The molecule has 0 saturated heterocycles. The maximum atomic E-state index is 12.1. The normalized spacial score (nSPS) is 10.0. The van der Waals surface area contributed by atoms with Crippen molar-refractivity contribution in [2.75, 3.05) is 18.9 Å². The van der Waals surface area contributed by atoms with Crippen LogP contribution in [0.1, 0.15) is 34.3 Å². The van der Waals surface area contributed by atoms with E-state index in [9.17, 15) is 14.7 Å². The molecule has 5 nitrogen and oxygen atoms in total. The minimum absolute atomic E-state index is 0.111. The quantitative estimate of drug-likeness (QED) is 0.623. The van der Waals surface area contributed by atoms with Gasteiger partial charge in [0.05, 0.1) is 11.3 Å². The fourth-order valence-electron chi connectivity index (χ4n) is 2.08. The van der Waals surface area contributed by atoms with Gasteiger partial charge in [-0.15, -0.1) is 6.58 Å². The lowest BCUT2D eigenvalue weighted by Crippen LogP contribution is -2.32. The zero-order chi connectivity index (χ0) is 16.0. The summed E-state index contributed by atoms with van der Waals surface area (Å²) in [5.74, 6) is -1.05. The highest BCUT2D eigenvalue weighted by Crippen LogP contribution is 2.23. The van der Waals surface area contributed by atoms with Crippen molar-refractivity contribution in [1.29, 1.82) is 0 Å². The van der Waals surface area contributed by atoms with Crippen molar-refractivity contribution >= 4 is 17.7 Å². The van der Waals surface area contributed by atoms with Gasteiger partial charge in [0.25, 0.3) is 0 Å². The topological polar surface area (TPSA) is 69.6 Å². The largest absolute Gasteiger partial charge is 0.478 e. The molecule has 0 saturated carbocycles. The molecule has 21 heavy (non-hydrogen) atoms. The monoisotopic (exact) mass is 290 g/mol. The summed E-state index contributed by atoms with van der Waals surface area (Å²) >= 11 is 0. The Morgan fingerprint density at radius 2 is 2.05 bits per heavy atom. The number of nitrogens with zero attached hydrogens (tertiary/aromatic N) is 1. The average Bonchev–Trinajstić information content (AvgIpc) is 2.41. The van der Waals surface area contributed by atoms with E-state index in [1.165, 1.54) is 4.90 Å². The number of anilines is 1. The number of hydrogen-bond donors (Lipinski definition) is 2. The number of carboxylic acids is 1. The molecular formula is C16H22N2O3. The first kappa shape index (κ1) is 16.8. The van der Waals surface area contributed by atoms with Gasteiger partial charge in [-0.25, -0.2) is 9.59 Å². The van der Waals surface area contributed by atoms with Crippen LogP contribution >= 0.6 is 0 Å². The molecule has 5 heteroatoms. The van der Waals surface area contributed by atoms with E-state index in [4.69, 9.17) is 0 Å². The van der Waals surface area contributed by atoms with Crippen LogP contribution in [0.15, 0.2) is 24.8 Å². The highest BCUT2D eigenvalue weighted by Gasteiger charge is 2.17. The molecule has 0 radical (unpaired) electrons. The third kappa shape index (κ3) is 4.63. The smallest absolute Gasteiger partial charge is 0.337 e. The number of benzene rings is 1. The van der Waals surface area contributed by atoms with Gasteiger partial charge in [0, 0.05) is 13.6 Å². The van der Waals surface area contributed by atoms with E-state index < -0.39 is 5.97 Å². The Balaban J connectivity index is 2.89. The molecule has 2 amide bonds. The van der Waals surface area contributed by atoms with Crippen molar-refractivity contribution in [2.45, 2.75) is 26.7 Å². The van der Waals surface area contributed by atoms with Gasteiger partial charge in [-0.3, -0.25) is 0 Å². The molecule has 0 heterocycles. The van der Waals surface area contributed by atoms with E-state index >= 15 is 0 Å². The number of nitrogens with one attached hydrogen (secondary N) is 1. The van der Waals surface area contributed by atoms with Gasteiger partial charge >= 0.3 is 12.0 Å². The van der Waals surface area contributed by atoms with Crippen molar-refractivity contribution < 1.29 is 14.7 Å². The first-order valence-corrected chi connectivity index (χ1v) is 6.84. The summed E-state index contributed by atoms with van der Waals surface area (Å²) in [5.41, 5.74) is 2.05. The number of allylic oxidation sites excluding steroid dienone is 1. The number of urea groups is 1. The summed E-state index contributed by atoms with van der Waals surface area (Å²) in [6, 6.07) is 3.09. The zero-order valence-corrected chi connectivity index (χ0v) is 12.8. The summed E-state index contributed by atoms with van der Waals surface area (Å²) in [6.45, 7) is 7.84. The van der Waals surface area contributed by atoms with Gasteiger partial charge < -0.3 is 15.3 Å². The number of amides is 2. The van der Waals surface area contributed by atoms with Gasteiger partial charge in [0.15, 0.2) is 0 Å². The molecule has 1 rings (SSSR count). The van der Waals surface area contributed by atoms with Gasteiger partial charge in [0.2, 0.25) is 0 Å². The van der Waals surface area contributed by atoms with Crippen molar-refractivity contribution in [1.82, 2.24) is 4.90 Å². The highest BCUT2D eigenvalue weighted by atomic mass is 16.4. The third-order valence-corrected chi connectivity index (χ3v) is 3.19. The Morgan fingerprint density at radius 1 is 1.38 bits per heavy atom. The molecule has 0 fully saturated rings. The van der Waals surface area contributed by atoms with Crippen LogP contribution in [0.2, 0.25) is 0 Å². The summed E-state index contributed by atoms with van der Waals surface area (Å²) in [4.78, 5) is 25.0. The highest BCUT2D eigenvalue weighted by molar-refractivity contribution is 6.01. The van der Waals surface area contributed by atoms with E-state index in [1.807, 2.05) is 13.0 Å². The lowest BCUT2D eigenvalue weighted by atomic mass is 10.0. The fraction of sp³-hybridized carbons (Fsp3) is 0.375. The first-order valence-electron chi connectivity index (χ1n) is 6.84. The van der Waals surface area contributed by atoms with Crippen molar-refractivity contribution in [2.24, 2.45) is 0 Å². The molecule has 1 aromatic rings. The van der Waals surface area contributed by atoms with Crippen LogP contribution in [0.3, 0.4) is 0 Å². The molecule has 0 unspecified atom stereocenters. The number of hydrogen-bond acceptors (Lipinski definition) is 2. The van der Waals surface area contributed by atoms with Crippen LogP contribution in [0, 0.1) is 13.8 Å². The number of carboxylic acid groups (broad SMARTS) is 1. The molecule has 2 N–H and O–H groups in total. The second-order valence-corrected chi connectivity index (χ2v) is 5.09. The Bertz CT molecular complexity index is 553. The molecule has 0 aliphatic heterocycles. The Labute approximate surface area is 125 Å². The van der Waals surface area contributed by atoms with Gasteiger partial charge in [-0.1, -0.05) is 12.1 Å². The number of unbranched alkanes of at least 4 members (excludes halogenated alkanes) is 1. The van der Waals surface area contributed by atoms with Gasteiger partial charge in [0.1, 0.15) is 0 Å². The second-order valence-electron chi connectivity index (χ2n) is 5.09. The fourth-order valence-corrected chi connectivity index (χ4v) is 2.08. The molecule has 0 spiro atoms. The predicted molar refractivity (Wildman–Crippen MR) is 84.0 cm³/mol. The molecule has 1 aromatic carbocycles. The SMILES string of the molecule is C=CCCCN(C)C(=O)Nc1c(C)cc(C)cc1C(=O)O. The first-order chi connectivity index (χ1) is 9.86. The standard InChI is InChI=1S/C16H22N2O3/c1-5-6-7-8-18(4)16(21)17-14-12(3)9-11(2)10-13(14)15(19)20/h5,9-10H,1,6-8H2,2-4H3,(H,17,21)(H,19,20). The van der Waals surface area contributed by atoms with E-state index in [1.54, 1.807) is 26.1 Å². The van der Waals surface area contributed by atoms with Crippen LogP contribution in [-0.4, -0.2) is 35.6 Å². The number of carbonyl (C=O) groups excluding carboxylic acids is 1. The van der Waals surface area contributed by atoms with E-state index in [0.717, 1.165) is 24.0 Å². The Kier molecular flexibility index (Phi) is 5.96. The maximum Gasteiger partial charge on any atom is 0.337 e. The maximum absolute atomic E-state index is 12.1. The number of aromatic carboxylic acids is 1. The van der Waals surface area contributed by atoms with Crippen LogP contribution < -0.4 is 5.32 Å². The Morgan fingerprint density at radius 3 is 2.62 bits per heavy atom. The molecule has 0 aliphatic rings. The zero-order valence-electron chi connectivity index (χ0n) is 12.8. The molecule has 114 valence electrons. The number of rotatable bonds is 6. The van der Waals surface area contributed by atoms with Crippen LogP contribution in [0.4, 0.5) is 10.5 Å². The average molecular weight is 290 g/mol. The Hall–Kier alpha value is -2.30. The molecule has 0 aliphatic carbocycles. The molecular weight excluding hydrogens is 268 g/mol. The minimum Gasteiger partial charge on any atom is -0.478 e. The van der Waals surface area contributed by atoms with Crippen molar-refractivity contribution in [3.05, 3.63) is 41.5 Å². The molecule has 0 bridgehead atoms. The summed E-state index contributed by atoms with van der Waals surface area (Å²) in [6.07, 6.45) is 3.46. The third-order valence-electron chi connectivity index (χ3n) is 3.19. The number of carbonyl (C=O) groups is 2. The summed E-state index contributed by atoms with van der Waals surface area (Å²) in [5, 5.41) is 12.0.